The van der Waals surface area contributed by atoms with Crippen LogP contribution >= 0.6 is 11.6 Å². The van der Waals surface area contributed by atoms with Crippen LogP contribution < -0.4 is 16.2 Å². The maximum Gasteiger partial charge on any atom is 0.323 e. The van der Waals surface area contributed by atoms with Gasteiger partial charge in [-0.05, 0) is 36.6 Å². The van der Waals surface area contributed by atoms with Crippen molar-refractivity contribution in [3.8, 4) is 0 Å². The lowest BCUT2D eigenvalue weighted by atomic mass is 10.1. The van der Waals surface area contributed by atoms with Crippen molar-refractivity contribution < 1.29 is 9.53 Å². The second-order valence-corrected chi connectivity index (χ2v) is 7.17. The molecular weight excluding hydrogens is 408 g/mol. The maximum atomic E-state index is 12.6. The van der Waals surface area contributed by atoms with Gasteiger partial charge in [-0.25, -0.2) is 14.3 Å². The molecule has 0 saturated carbocycles. The summed E-state index contributed by atoms with van der Waals surface area (Å²) in [6, 6.07) is 8.07. The number of carbonyl (C=O) groups is 1. The summed E-state index contributed by atoms with van der Waals surface area (Å²) >= 11 is 6.00. The minimum absolute atomic E-state index is 0.0982. The topological polar surface area (TPSA) is 103 Å². The Morgan fingerprint density at radius 1 is 1.23 bits per heavy atom. The number of fused-ring (bicyclic) bond motifs is 2. The standard InChI is InChI=1S/C20H19ClN6O3/c1-11(30-3)18-15(10-22-17-9-16(21)25-27(17)18)24-20(29)23-13-4-5-14-12(8-13)6-7-26(2)19(14)28/h4-11H,1-3H3,(H2,23,24,29)/t11-/m0/s1. The Morgan fingerprint density at radius 3 is 2.80 bits per heavy atom. The van der Waals surface area contributed by atoms with Gasteiger partial charge in [0.25, 0.3) is 5.56 Å². The first-order valence-corrected chi connectivity index (χ1v) is 9.49. The highest BCUT2D eigenvalue weighted by Crippen LogP contribution is 2.26. The van der Waals surface area contributed by atoms with Crippen LogP contribution in [0.3, 0.4) is 0 Å². The fraction of sp³-hybridized carbons (Fsp3) is 0.200. The van der Waals surface area contributed by atoms with E-state index in [9.17, 15) is 9.59 Å². The number of hydrogen-bond donors (Lipinski definition) is 2. The third kappa shape index (κ3) is 3.60. The van der Waals surface area contributed by atoms with Crippen molar-refractivity contribution in [2.24, 2.45) is 7.05 Å². The molecular formula is C20H19ClN6O3. The van der Waals surface area contributed by atoms with Gasteiger partial charge in [0, 0.05) is 37.5 Å². The Balaban J connectivity index is 1.63. The largest absolute Gasteiger partial charge is 0.375 e. The predicted octanol–water partition coefficient (Wildman–Crippen LogP) is 3.59. The van der Waals surface area contributed by atoms with E-state index < -0.39 is 6.03 Å². The first-order chi connectivity index (χ1) is 14.4. The van der Waals surface area contributed by atoms with Gasteiger partial charge >= 0.3 is 6.03 Å². The second-order valence-electron chi connectivity index (χ2n) is 6.79. The molecule has 154 valence electrons. The maximum absolute atomic E-state index is 12.6. The van der Waals surface area contributed by atoms with Crippen LogP contribution in [0.25, 0.3) is 16.4 Å². The molecule has 3 heterocycles. The Labute approximate surface area is 176 Å². The van der Waals surface area contributed by atoms with Crippen LogP contribution in [-0.2, 0) is 11.8 Å². The van der Waals surface area contributed by atoms with Crippen molar-refractivity contribution >= 4 is 45.4 Å². The van der Waals surface area contributed by atoms with Gasteiger partial charge in [-0.1, -0.05) is 11.6 Å². The quantitative estimate of drug-likeness (QED) is 0.519. The normalized spacial score (nSPS) is 12.3. The Hall–Kier alpha value is -3.43. The van der Waals surface area contributed by atoms with Crippen LogP contribution in [0.5, 0.6) is 0 Å². The van der Waals surface area contributed by atoms with E-state index in [1.54, 1.807) is 44.6 Å². The predicted molar refractivity (Wildman–Crippen MR) is 115 cm³/mol. The molecule has 0 fully saturated rings. The third-order valence-electron chi connectivity index (χ3n) is 4.82. The number of urea groups is 1. The summed E-state index contributed by atoms with van der Waals surface area (Å²) in [5.41, 5.74) is 2.03. The van der Waals surface area contributed by atoms with E-state index in [2.05, 4.69) is 20.7 Å². The summed E-state index contributed by atoms with van der Waals surface area (Å²) in [7, 11) is 3.25. The van der Waals surface area contributed by atoms with Gasteiger partial charge in [-0.2, -0.15) is 5.10 Å². The molecule has 0 spiro atoms. The lowest BCUT2D eigenvalue weighted by Gasteiger charge is -2.17. The summed E-state index contributed by atoms with van der Waals surface area (Å²) in [5.74, 6) is 0. The van der Waals surface area contributed by atoms with Crippen molar-refractivity contribution in [2.75, 3.05) is 17.7 Å². The second kappa shape index (κ2) is 7.77. The fourth-order valence-electron chi connectivity index (χ4n) is 3.23. The molecule has 0 aliphatic rings. The molecule has 30 heavy (non-hydrogen) atoms. The number of carbonyl (C=O) groups excluding carboxylic acids is 1. The van der Waals surface area contributed by atoms with Crippen LogP contribution in [-0.4, -0.2) is 32.3 Å². The molecule has 10 heteroatoms. The third-order valence-corrected chi connectivity index (χ3v) is 5.00. The number of methoxy groups -OCH3 is 1. The Morgan fingerprint density at radius 2 is 2.03 bits per heavy atom. The fourth-order valence-corrected chi connectivity index (χ4v) is 3.40. The zero-order chi connectivity index (χ0) is 21.4. The molecule has 4 aromatic rings. The summed E-state index contributed by atoms with van der Waals surface area (Å²) < 4.78 is 8.47. The SMILES string of the molecule is CO[C@@H](C)c1c(NC(=O)Nc2ccc3c(=O)n(C)ccc3c2)cnc2cc(Cl)nn12. The van der Waals surface area contributed by atoms with Gasteiger partial charge in [0.15, 0.2) is 10.8 Å². The van der Waals surface area contributed by atoms with Crippen LogP contribution in [0.1, 0.15) is 18.7 Å². The van der Waals surface area contributed by atoms with E-state index in [1.165, 1.54) is 15.3 Å². The van der Waals surface area contributed by atoms with E-state index >= 15 is 0 Å². The van der Waals surface area contributed by atoms with Crippen molar-refractivity contribution in [1.82, 2.24) is 19.2 Å². The van der Waals surface area contributed by atoms with Gasteiger partial charge in [0.1, 0.15) is 0 Å². The van der Waals surface area contributed by atoms with Crippen molar-refractivity contribution in [1.29, 1.82) is 0 Å². The van der Waals surface area contributed by atoms with E-state index in [0.29, 0.717) is 28.1 Å². The number of pyridine rings is 1. The van der Waals surface area contributed by atoms with Gasteiger partial charge in [0.05, 0.1) is 23.7 Å². The van der Waals surface area contributed by atoms with Crippen molar-refractivity contribution in [2.45, 2.75) is 13.0 Å². The first-order valence-electron chi connectivity index (χ1n) is 9.11. The smallest absolute Gasteiger partial charge is 0.323 e. The molecule has 9 nitrogen and oxygen atoms in total. The van der Waals surface area contributed by atoms with Crippen LogP contribution in [0, 0.1) is 0 Å². The number of ether oxygens (including phenoxy) is 1. The molecule has 2 N–H and O–H groups in total. The highest BCUT2D eigenvalue weighted by molar-refractivity contribution is 6.29. The summed E-state index contributed by atoms with van der Waals surface area (Å²) in [6.45, 7) is 1.83. The zero-order valence-electron chi connectivity index (χ0n) is 16.5. The lowest BCUT2D eigenvalue weighted by Crippen LogP contribution is -2.22. The number of anilines is 2. The molecule has 4 rings (SSSR count). The number of nitrogens with one attached hydrogen (secondary N) is 2. The number of hydrogen-bond acceptors (Lipinski definition) is 5. The van der Waals surface area contributed by atoms with Gasteiger partial charge in [-0.15, -0.1) is 0 Å². The molecule has 0 saturated heterocycles. The van der Waals surface area contributed by atoms with Gasteiger partial charge < -0.3 is 19.9 Å². The first kappa shape index (κ1) is 19.9. The molecule has 0 aliphatic carbocycles. The number of benzene rings is 1. The summed E-state index contributed by atoms with van der Waals surface area (Å²) in [5, 5.41) is 11.4. The van der Waals surface area contributed by atoms with E-state index in [-0.39, 0.29) is 16.8 Å². The van der Waals surface area contributed by atoms with E-state index in [0.717, 1.165) is 5.39 Å². The number of rotatable bonds is 4. The number of halogens is 1. The average molecular weight is 427 g/mol. The van der Waals surface area contributed by atoms with E-state index in [4.69, 9.17) is 16.3 Å². The number of aromatic nitrogens is 4. The summed E-state index contributed by atoms with van der Waals surface area (Å²) in [4.78, 5) is 29.1. The number of amides is 2. The number of aryl methyl sites for hydroxylation is 1. The molecule has 1 aromatic carbocycles. The highest BCUT2D eigenvalue weighted by Gasteiger charge is 2.19. The molecule has 3 aromatic heterocycles. The van der Waals surface area contributed by atoms with Crippen LogP contribution in [0.2, 0.25) is 5.15 Å². The molecule has 1 atom stereocenters. The van der Waals surface area contributed by atoms with Crippen molar-refractivity contribution in [3.63, 3.8) is 0 Å². The van der Waals surface area contributed by atoms with E-state index in [1.807, 2.05) is 13.0 Å². The summed E-state index contributed by atoms with van der Waals surface area (Å²) in [6.07, 6.45) is 2.84. The van der Waals surface area contributed by atoms with Crippen molar-refractivity contribution in [3.05, 3.63) is 63.9 Å². The lowest BCUT2D eigenvalue weighted by molar-refractivity contribution is 0.114. The zero-order valence-corrected chi connectivity index (χ0v) is 17.3. The molecule has 0 radical (unpaired) electrons. The molecule has 0 bridgehead atoms. The monoisotopic (exact) mass is 426 g/mol. The van der Waals surface area contributed by atoms with Crippen LogP contribution in [0.15, 0.2) is 47.5 Å². The minimum Gasteiger partial charge on any atom is -0.375 e. The Bertz CT molecular complexity index is 1330. The van der Waals surface area contributed by atoms with Crippen LogP contribution in [0.4, 0.5) is 16.2 Å². The number of nitrogens with zero attached hydrogens (tertiary/aromatic N) is 4. The average Bonchev–Trinajstić information content (AvgIpc) is 3.10. The van der Waals surface area contributed by atoms with Gasteiger partial charge in [0.2, 0.25) is 0 Å². The Kier molecular flexibility index (Phi) is 5.15. The molecule has 2 amide bonds. The minimum atomic E-state index is -0.470. The van der Waals surface area contributed by atoms with Gasteiger partial charge in [-0.3, -0.25) is 4.79 Å². The molecule has 0 unspecified atom stereocenters. The molecule has 0 aliphatic heterocycles. The highest BCUT2D eigenvalue weighted by atomic mass is 35.5.